The fraction of sp³-hybridized carbons (Fsp3) is 0.357. The van der Waals surface area contributed by atoms with Crippen LogP contribution in [-0.2, 0) is 0 Å². The van der Waals surface area contributed by atoms with E-state index in [0.717, 1.165) is 48.4 Å². The molecule has 1 aliphatic heterocycles. The first-order chi connectivity index (χ1) is 9.24. The molecule has 2 aliphatic rings. The number of nitrogens with one attached hydrogen (secondary N) is 1. The molecule has 0 bridgehead atoms. The van der Waals surface area contributed by atoms with Gasteiger partial charge in [-0.25, -0.2) is 0 Å². The van der Waals surface area contributed by atoms with Gasteiger partial charge in [0.2, 0.25) is 0 Å². The van der Waals surface area contributed by atoms with Gasteiger partial charge in [-0.1, -0.05) is 0 Å². The van der Waals surface area contributed by atoms with Gasteiger partial charge < -0.3 is 15.2 Å². The van der Waals surface area contributed by atoms with E-state index in [1.54, 1.807) is 0 Å². The minimum atomic E-state index is -0.409. The molecule has 3 N–H and O–H groups in total. The Hall–Kier alpha value is -2.17. The van der Waals surface area contributed by atoms with Gasteiger partial charge in [0.1, 0.15) is 5.82 Å². The zero-order valence-corrected chi connectivity index (χ0v) is 10.5. The molecule has 0 saturated heterocycles. The van der Waals surface area contributed by atoms with E-state index in [-0.39, 0.29) is 0 Å². The highest BCUT2D eigenvalue weighted by atomic mass is 16.7. The fourth-order valence-corrected chi connectivity index (χ4v) is 2.86. The smallest absolute Gasteiger partial charge is 0.251 e. The van der Waals surface area contributed by atoms with E-state index in [4.69, 9.17) is 15.2 Å². The van der Waals surface area contributed by atoms with Crippen molar-refractivity contribution in [2.24, 2.45) is 0 Å². The molecule has 0 amide bonds. The molecule has 1 saturated carbocycles. The number of anilines is 1. The van der Waals surface area contributed by atoms with Crippen LogP contribution in [0.15, 0.2) is 24.3 Å². The normalized spacial score (nSPS) is 19.2. The average Bonchev–Trinajstić information content (AvgIpc) is 3.09. The number of hydrogen-bond donors (Lipinski definition) is 2. The topological polar surface area (TPSA) is 73.2 Å². The SMILES string of the molecule is Nc1cc(-c2ccc3c(c2)OC2(CCCC2)O3)[nH]n1. The van der Waals surface area contributed by atoms with Crippen LogP contribution in [0.2, 0.25) is 0 Å². The molecule has 1 aromatic heterocycles. The Morgan fingerprint density at radius 2 is 1.89 bits per heavy atom. The van der Waals surface area contributed by atoms with Gasteiger partial charge in [-0.15, -0.1) is 0 Å². The highest BCUT2D eigenvalue weighted by molar-refractivity contribution is 5.66. The Morgan fingerprint density at radius 3 is 2.63 bits per heavy atom. The zero-order valence-electron chi connectivity index (χ0n) is 10.5. The summed E-state index contributed by atoms with van der Waals surface area (Å²) < 4.78 is 12.0. The summed E-state index contributed by atoms with van der Waals surface area (Å²) in [5, 5.41) is 6.84. The molecule has 1 fully saturated rings. The minimum absolute atomic E-state index is 0.409. The molecule has 98 valence electrons. The van der Waals surface area contributed by atoms with E-state index >= 15 is 0 Å². The predicted molar refractivity (Wildman–Crippen MR) is 70.9 cm³/mol. The van der Waals surface area contributed by atoms with Crippen molar-refractivity contribution in [2.45, 2.75) is 31.5 Å². The Kier molecular flexibility index (Phi) is 2.07. The number of H-pyrrole nitrogens is 1. The van der Waals surface area contributed by atoms with Gasteiger partial charge in [0.25, 0.3) is 5.79 Å². The molecular formula is C14H15N3O2. The van der Waals surface area contributed by atoms with Gasteiger partial charge in [-0.05, 0) is 31.0 Å². The number of rotatable bonds is 1. The minimum Gasteiger partial charge on any atom is -0.448 e. The van der Waals surface area contributed by atoms with Crippen molar-refractivity contribution < 1.29 is 9.47 Å². The quantitative estimate of drug-likeness (QED) is 0.823. The van der Waals surface area contributed by atoms with Crippen LogP contribution >= 0.6 is 0 Å². The highest BCUT2D eigenvalue weighted by Crippen LogP contribution is 2.47. The maximum absolute atomic E-state index is 6.04. The summed E-state index contributed by atoms with van der Waals surface area (Å²) in [6, 6.07) is 7.73. The van der Waals surface area contributed by atoms with E-state index in [1.807, 2.05) is 24.3 Å². The van der Waals surface area contributed by atoms with Crippen LogP contribution in [0, 0.1) is 0 Å². The van der Waals surface area contributed by atoms with Gasteiger partial charge >= 0.3 is 0 Å². The Morgan fingerprint density at radius 1 is 1.11 bits per heavy atom. The van der Waals surface area contributed by atoms with Crippen molar-refractivity contribution >= 4 is 5.82 Å². The van der Waals surface area contributed by atoms with Crippen LogP contribution in [0.4, 0.5) is 5.82 Å². The van der Waals surface area contributed by atoms with Gasteiger partial charge in [-0.3, -0.25) is 5.10 Å². The van der Waals surface area contributed by atoms with Crippen molar-refractivity contribution in [3.63, 3.8) is 0 Å². The number of nitrogens with zero attached hydrogens (tertiary/aromatic N) is 1. The van der Waals surface area contributed by atoms with Crippen LogP contribution < -0.4 is 15.2 Å². The van der Waals surface area contributed by atoms with E-state index in [9.17, 15) is 0 Å². The first-order valence-electron chi connectivity index (χ1n) is 6.57. The second-order valence-electron chi connectivity index (χ2n) is 5.19. The summed E-state index contributed by atoms with van der Waals surface area (Å²) in [7, 11) is 0. The first kappa shape index (κ1) is 10.7. The fourth-order valence-electron chi connectivity index (χ4n) is 2.86. The molecule has 1 spiro atoms. The second kappa shape index (κ2) is 3.66. The number of ether oxygens (including phenoxy) is 2. The van der Waals surface area contributed by atoms with E-state index in [1.165, 1.54) is 0 Å². The second-order valence-corrected chi connectivity index (χ2v) is 5.19. The third kappa shape index (κ3) is 1.65. The average molecular weight is 257 g/mol. The van der Waals surface area contributed by atoms with Gasteiger partial charge in [0, 0.05) is 24.5 Å². The number of nitrogens with two attached hydrogens (primary N) is 1. The predicted octanol–water partition coefficient (Wildman–Crippen LogP) is 2.70. The molecule has 2 aromatic rings. The van der Waals surface area contributed by atoms with Crippen molar-refractivity contribution in [2.75, 3.05) is 5.73 Å². The third-order valence-corrected chi connectivity index (χ3v) is 3.81. The number of nitrogen functional groups attached to an aromatic ring is 1. The maximum atomic E-state index is 6.04. The van der Waals surface area contributed by atoms with Crippen LogP contribution in [0.25, 0.3) is 11.3 Å². The molecule has 0 atom stereocenters. The number of aromatic nitrogens is 2. The Bertz CT molecular complexity index is 629. The van der Waals surface area contributed by atoms with Crippen LogP contribution in [0.1, 0.15) is 25.7 Å². The molecule has 19 heavy (non-hydrogen) atoms. The molecule has 5 nitrogen and oxygen atoms in total. The van der Waals surface area contributed by atoms with Gasteiger partial charge in [-0.2, -0.15) is 5.10 Å². The zero-order chi connectivity index (χ0) is 12.9. The first-order valence-corrected chi connectivity index (χ1v) is 6.57. The lowest BCUT2D eigenvalue weighted by molar-refractivity contribution is -0.0716. The highest BCUT2D eigenvalue weighted by Gasteiger charge is 2.44. The van der Waals surface area contributed by atoms with Crippen LogP contribution in [0.3, 0.4) is 0 Å². The summed E-state index contributed by atoms with van der Waals surface area (Å²) in [6.45, 7) is 0. The number of fused-ring (bicyclic) bond motifs is 1. The molecule has 1 aliphatic carbocycles. The lowest BCUT2D eigenvalue weighted by Crippen LogP contribution is -2.34. The van der Waals surface area contributed by atoms with Crippen molar-refractivity contribution in [3.8, 4) is 22.8 Å². The molecule has 1 aromatic carbocycles. The van der Waals surface area contributed by atoms with Crippen molar-refractivity contribution in [1.29, 1.82) is 0 Å². The standard InChI is InChI=1S/C14H15N3O2/c15-13-8-10(16-17-13)9-3-4-11-12(7-9)19-14(18-11)5-1-2-6-14/h3-4,7-8H,1-2,5-6H2,(H3,15,16,17). The summed E-state index contributed by atoms with van der Waals surface area (Å²) in [5.74, 6) is 1.72. The number of hydrogen-bond acceptors (Lipinski definition) is 4. The van der Waals surface area contributed by atoms with Gasteiger partial charge in [0.15, 0.2) is 11.5 Å². The lowest BCUT2D eigenvalue weighted by Gasteiger charge is -2.21. The summed E-state index contributed by atoms with van der Waals surface area (Å²) in [5.41, 5.74) is 7.51. The Labute approximate surface area is 110 Å². The molecule has 0 radical (unpaired) electrons. The van der Waals surface area contributed by atoms with Crippen LogP contribution in [0.5, 0.6) is 11.5 Å². The summed E-state index contributed by atoms with van der Waals surface area (Å²) >= 11 is 0. The molecule has 4 rings (SSSR count). The monoisotopic (exact) mass is 257 g/mol. The largest absolute Gasteiger partial charge is 0.448 e. The van der Waals surface area contributed by atoms with E-state index < -0.39 is 5.79 Å². The maximum Gasteiger partial charge on any atom is 0.251 e. The van der Waals surface area contributed by atoms with E-state index in [2.05, 4.69) is 10.2 Å². The van der Waals surface area contributed by atoms with Crippen LogP contribution in [-0.4, -0.2) is 16.0 Å². The van der Waals surface area contributed by atoms with Crippen molar-refractivity contribution in [1.82, 2.24) is 10.2 Å². The van der Waals surface area contributed by atoms with Crippen molar-refractivity contribution in [3.05, 3.63) is 24.3 Å². The summed E-state index contributed by atoms with van der Waals surface area (Å²) in [6.07, 6.45) is 4.26. The van der Waals surface area contributed by atoms with Gasteiger partial charge in [0.05, 0.1) is 5.69 Å². The molecular weight excluding hydrogens is 242 g/mol. The van der Waals surface area contributed by atoms with E-state index in [0.29, 0.717) is 5.82 Å². The molecule has 2 heterocycles. The Balaban J connectivity index is 1.69. The molecule has 5 heteroatoms. The third-order valence-electron chi connectivity index (χ3n) is 3.81. The summed E-state index contributed by atoms with van der Waals surface area (Å²) in [4.78, 5) is 0. The number of benzene rings is 1. The lowest BCUT2D eigenvalue weighted by atomic mass is 10.1. The molecule has 0 unspecified atom stereocenters. The number of aromatic amines is 1.